The molecule has 2 aromatic rings. The van der Waals surface area contributed by atoms with Crippen LogP contribution in [-0.2, 0) is 15.6 Å². The fraction of sp³-hybridized carbons (Fsp3) is 0.143. The van der Waals surface area contributed by atoms with Gasteiger partial charge in [-0.1, -0.05) is 53.5 Å². The van der Waals surface area contributed by atoms with E-state index in [4.69, 9.17) is 23.2 Å². The number of hydrogen-bond donors (Lipinski definition) is 0. The first-order valence-corrected chi connectivity index (χ1v) is 9.35. The zero-order chi connectivity index (χ0) is 14.6. The molecule has 0 radical (unpaired) electrons. The first-order valence-electron chi connectivity index (χ1n) is 5.78. The Bertz CT molecular complexity index is 686. The van der Waals surface area contributed by atoms with Crippen molar-refractivity contribution in [3.63, 3.8) is 0 Å². The molecule has 20 heavy (non-hydrogen) atoms. The third kappa shape index (κ3) is 4.16. The summed E-state index contributed by atoms with van der Waals surface area (Å²) in [5, 5.41) is 0.614. The minimum Gasteiger partial charge on any atom is -0.223 e. The second kappa shape index (κ2) is 6.85. The van der Waals surface area contributed by atoms with Gasteiger partial charge < -0.3 is 0 Å². The van der Waals surface area contributed by atoms with E-state index in [1.165, 1.54) is 30.0 Å². The smallest absolute Gasteiger partial charge is 0.187 e. The average Bonchev–Trinajstić information content (AvgIpc) is 2.43. The summed E-state index contributed by atoms with van der Waals surface area (Å²) < 4.78 is 24.3. The van der Waals surface area contributed by atoms with E-state index in [1.807, 2.05) is 30.3 Å². The van der Waals surface area contributed by atoms with Crippen molar-refractivity contribution in [2.75, 3.05) is 5.08 Å². The summed E-state index contributed by atoms with van der Waals surface area (Å²) in [5.41, 5.74) is 1.10. The number of hydrogen-bond acceptors (Lipinski definition) is 3. The van der Waals surface area contributed by atoms with Crippen molar-refractivity contribution >= 4 is 44.8 Å². The van der Waals surface area contributed by atoms with Gasteiger partial charge in [0.15, 0.2) is 9.84 Å². The maximum Gasteiger partial charge on any atom is 0.187 e. The molecule has 0 fully saturated rings. The lowest BCUT2D eigenvalue weighted by Gasteiger charge is -2.06. The molecule has 0 unspecified atom stereocenters. The van der Waals surface area contributed by atoms with Crippen molar-refractivity contribution < 1.29 is 8.42 Å². The van der Waals surface area contributed by atoms with Crippen molar-refractivity contribution in [3.8, 4) is 0 Å². The largest absolute Gasteiger partial charge is 0.223 e. The molecule has 0 heterocycles. The summed E-state index contributed by atoms with van der Waals surface area (Å²) in [6, 6.07) is 14.1. The van der Waals surface area contributed by atoms with Gasteiger partial charge in [-0.2, -0.15) is 0 Å². The van der Waals surface area contributed by atoms with Crippen LogP contribution >= 0.6 is 35.0 Å². The Morgan fingerprint density at radius 2 is 1.65 bits per heavy atom. The Kier molecular flexibility index (Phi) is 5.38. The molecule has 0 N–H and O–H groups in total. The van der Waals surface area contributed by atoms with Crippen molar-refractivity contribution in [1.82, 2.24) is 0 Å². The van der Waals surface area contributed by atoms with Gasteiger partial charge in [0.2, 0.25) is 0 Å². The van der Waals surface area contributed by atoms with Crippen LogP contribution in [0.3, 0.4) is 0 Å². The van der Waals surface area contributed by atoms with E-state index < -0.39 is 9.84 Å². The Labute approximate surface area is 133 Å². The highest BCUT2D eigenvalue weighted by Gasteiger charge is 2.15. The monoisotopic (exact) mass is 346 g/mol. The van der Waals surface area contributed by atoms with Gasteiger partial charge in [-0.25, -0.2) is 8.42 Å². The summed E-state index contributed by atoms with van der Waals surface area (Å²) in [6.45, 7) is 0. The summed E-state index contributed by atoms with van der Waals surface area (Å²) in [6.07, 6.45) is 0. The minimum absolute atomic E-state index is 0.0137. The highest BCUT2D eigenvalue weighted by atomic mass is 35.5. The third-order valence-electron chi connectivity index (χ3n) is 2.60. The Morgan fingerprint density at radius 1 is 0.950 bits per heavy atom. The van der Waals surface area contributed by atoms with E-state index in [-0.39, 0.29) is 15.0 Å². The zero-order valence-electron chi connectivity index (χ0n) is 10.4. The predicted molar refractivity (Wildman–Crippen MR) is 86.3 cm³/mol. The Morgan fingerprint density at radius 3 is 2.30 bits per heavy atom. The molecule has 0 amide bonds. The minimum atomic E-state index is -3.35. The molecule has 0 aliphatic rings. The van der Waals surface area contributed by atoms with E-state index in [9.17, 15) is 8.42 Å². The maximum atomic E-state index is 12.2. The standard InChI is InChI=1S/C14H12Cl2O2S2/c15-13-7-6-12(8-14(13)16)20(17,18)10-19-9-11-4-2-1-3-5-11/h1-8H,9-10H2. The van der Waals surface area contributed by atoms with Crippen LogP contribution in [0.5, 0.6) is 0 Å². The van der Waals surface area contributed by atoms with Crippen LogP contribution in [0.4, 0.5) is 0 Å². The highest BCUT2D eigenvalue weighted by Crippen LogP contribution is 2.27. The molecule has 0 atom stereocenters. The molecule has 106 valence electrons. The van der Waals surface area contributed by atoms with Crippen molar-refractivity contribution in [3.05, 3.63) is 64.1 Å². The lowest BCUT2D eigenvalue weighted by atomic mass is 10.2. The summed E-state index contributed by atoms with van der Waals surface area (Å²) in [5.74, 6) is 0.654. The number of rotatable bonds is 5. The molecule has 6 heteroatoms. The number of halogens is 2. The average molecular weight is 347 g/mol. The normalized spacial score (nSPS) is 11.5. The Hall–Kier alpha value is -0.680. The molecule has 2 aromatic carbocycles. The van der Waals surface area contributed by atoms with Crippen LogP contribution in [0.15, 0.2) is 53.4 Å². The van der Waals surface area contributed by atoms with Crippen molar-refractivity contribution in [2.45, 2.75) is 10.6 Å². The topological polar surface area (TPSA) is 34.1 Å². The lowest BCUT2D eigenvalue weighted by molar-refractivity contribution is 0.601. The number of benzene rings is 2. The van der Waals surface area contributed by atoms with E-state index in [0.29, 0.717) is 10.8 Å². The maximum absolute atomic E-state index is 12.2. The first kappa shape index (κ1) is 15.7. The van der Waals surface area contributed by atoms with Gasteiger partial charge in [-0.15, -0.1) is 11.8 Å². The molecule has 2 rings (SSSR count). The molecule has 0 aliphatic heterocycles. The highest BCUT2D eigenvalue weighted by molar-refractivity contribution is 8.12. The van der Waals surface area contributed by atoms with Gasteiger partial charge in [-0.05, 0) is 23.8 Å². The lowest BCUT2D eigenvalue weighted by Crippen LogP contribution is -2.04. The van der Waals surface area contributed by atoms with Crippen molar-refractivity contribution in [2.24, 2.45) is 0 Å². The molecular formula is C14H12Cl2O2S2. The summed E-state index contributed by atoms with van der Waals surface area (Å²) in [4.78, 5) is 0.201. The fourth-order valence-corrected chi connectivity index (χ4v) is 4.70. The van der Waals surface area contributed by atoms with Crippen LogP contribution in [0.1, 0.15) is 5.56 Å². The molecule has 0 spiro atoms. The van der Waals surface area contributed by atoms with Crippen molar-refractivity contribution in [1.29, 1.82) is 0 Å². The number of sulfone groups is 1. The predicted octanol–water partition coefficient (Wildman–Crippen LogP) is 4.66. The van der Waals surface area contributed by atoms with E-state index >= 15 is 0 Å². The molecule has 0 saturated heterocycles. The first-order chi connectivity index (χ1) is 9.49. The fourth-order valence-electron chi connectivity index (χ4n) is 1.58. The van der Waals surface area contributed by atoms with Gasteiger partial charge >= 0.3 is 0 Å². The molecule has 0 bridgehead atoms. The van der Waals surface area contributed by atoms with Gasteiger partial charge in [-0.3, -0.25) is 0 Å². The molecule has 0 aromatic heterocycles. The van der Waals surface area contributed by atoms with Gasteiger partial charge in [0.25, 0.3) is 0 Å². The SMILES string of the molecule is O=S(=O)(CSCc1ccccc1)c1ccc(Cl)c(Cl)c1. The van der Waals surface area contributed by atoms with Crippen LogP contribution < -0.4 is 0 Å². The molecular weight excluding hydrogens is 335 g/mol. The van der Waals surface area contributed by atoms with Gasteiger partial charge in [0, 0.05) is 5.75 Å². The second-order valence-corrected chi connectivity index (χ2v) is 8.30. The number of thioether (sulfide) groups is 1. The molecule has 0 saturated carbocycles. The van der Waals surface area contributed by atoms with Crippen LogP contribution in [-0.4, -0.2) is 13.5 Å². The Balaban J connectivity index is 2.02. The van der Waals surface area contributed by atoms with Crippen LogP contribution in [0.2, 0.25) is 10.0 Å². The summed E-state index contributed by atoms with van der Waals surface area (Å²) in [7, 11) is -3.35. The summed E-state index contributed by atoms with van der Waals surface area (Å²) >= 11 is 13.0. The zero-order valence-corrected chi connectivity index (χ0v) is 13.6. The quantitative estimate of drug-likeness (QED) is 0.789. The third-order valence-corrected chi connectivity index (χ3v) is 6.76. The molecule has 0 aliphatic carbocycles. The van der Waals surface area contributed by atoms with Crippen LogP contribution in [0.25, 0.3) is 0 Å². The van der Waals surface area contributed by atoms with E-state index in [2.05, 4.69) is 0 Å². The second-order valence-electron chi connectivity index (χ2n) is 4.14. The molecule has 2 nitrogen and oxygen atoms in total. The van der Waals surface area contributed by atoms with E-state index in [0.717, 1.165) is 5.56 Å². The van der Waals surface area contributed by atoms with Gasteiger partial charge in [0.05, 0.1) is 14.9 Å². The van der Waals surface area contributed by atoms with Crippen LogP contribution in [0, 0.1) is 0 Å². The van der Waals surface area contributed by atoms with E-state index in [1.54, 1.807) is 0 Å². The van der Waals surface area contributed by atoms with Gasteiger partial charge in [0.1, 0.15) is 5.08 Å².